The van der Waals surface area contributed by atoms with Crippen LogP contribution in [0.1, 0.15) is 34.3 Å². The van der Waals surface area contributed by atoms with E-state index in [1.54, 1.807) is 12.1 Å². The molecule has 3 amide bonds. The zero-order valence-electron chi connectivity index (χ0n) is 12.5. The topological polar surface area (TPSA) is 92.8 Å². The van der Waals surface area contributed by atoms with E-state index in [1.807, 2.05) is 0 Å². The van der Waals surface area contributed by atoms with Gasteiger partial charge in [0.1, 0.15) is 6.04 Å². The molecule has 0 spiro atoms. The fourth-order valence-electron chi connectivity index (χ4n) is 2.71. The number of amides is 3. The van der Waals surface area contributed by atoms with Crippen LogP contribution < -0.4 is 5.32 Å². The predicted molar refractivity (Wildman–Crippen MR) is 71.8 cm³/mol. The van der Waals surface area contributed by atoms with Gasteiger partial charge >= 0.3 is 0 Å². The number of nitrogens with zero attached hydrogens (tertiary/aromatic N) is 1. The maximum atomic E-state index is 12.5. The number of piperidine rings is 1. The second kappa shape index (κ2) is 8.97. The van der Waals surface area contributed by atoms with Crippen molar-refractivity contribution < 1.29 is 77.7 Å². The largest absolute Gasteiger partial charge is 0.651 e. The number of benzene rings is 1. The molecule has 1 aromatic rings. The van der Waals surface area contributed by atoms with Crippen molar-refractivity contribution in [2.75, 3.05) is 0 Å². The first-order valence-electron chi connectivity index (χ1n) is 6.78. The Balaban J connectivity index is 0.00000144. The molecular weight excluding hydrogens is 561 g/mol. The van der Waals surface area contributed by atoms with Gasteiger partial charge in [-0.3, -0.25) is 14.9 Å². The molecule has 123 valence electrons. The second-order valence-electron chi connectivity index (χ2n) is 5.16. The number of carbonyl (C=O) groups excluding carboxylic acids is 4. The fraction of sp³-hybridized carbons (Fsp3) is 0.333. The van der Waals surface area contributed by atoms with Crippen LogP contribution in [-0.4, -0.2) is 35.1 Å². The molecule has 1 radical (unpaired) electrons. The van der Waals surface area contributed by atoms with Crippen molar-refractivity contribution in [3.63, 3.8) is 0 Å². The number of hydrogen-bond donors (Lipinski definition) is 1. The SMILES string of the molecule is O=[C-]OCc1[c-]c2c(cc1)CN(C1CCC(=O)NC1=O)C2=O.[W].[Y]. The molecule has 1 N–H and O–H groups in total. The monoisotopic (exact) mass is 573 g/mol. The van der Waals surface area contributed by atoms with Crippen LogP contribution in [0.5, 0.6) is 0 Å². The van der Waals surface area contributed by atoms with Crippen molar-refractivity contribution in [3.8, 4) is 0 Å². The van der Waals surface area contributed by atoms with E-state index in [1.165, 1.54) is 11.4 Å². The van der Waals surface area contributed by atoms with E-state index in [2.05, 4.69) is 16.1 Å². The molecule has 2 aliphatic heterocycles. The van der Waals surface area contributed by atoms with E-state index in [4.69, 9.17) is 0 Å². The molecule has 1 aromatic carbocycles. The summed E-state index contributed by atoms with van der Waals surface area (Å²) >= 11 is 0. The summed E-state index contributed by atoms with van der Waals surface area (Å²) in [5.41, 5.74) is 1.69. The number of imide groups is 1. The zero-order chi connectivity index (χ0) is 15.7. The van der Waals surface area contributed by atoms with Gasteiger partial charge in [-0.05, 0) is 6.42 Å². The summed E-state index contributed by atoms with van der Waals surface area (Å²) in [6, 6.07) is 5.72. The van der Waals surface area contributed by atoms with Gasteiger partial charge in [0.05, 0.1) is 6.61 Å². The molecule has 3 rings (SSSR count). The van der Waals surface area contributed by atoms with Crippen molar-refractivity contribution in [2.45, 2.75) is 32.0 Å². The van der Waals surface area contributed by atoms with Crippen molar-refractivity contribution in [3.05, 3.63) is 34.9 Å². The average molecular weight is 573 g/mol. The third kappa shape index (κ3) is 4.19. The van der Waals surface area contributed by atoms with Crippen molar-refractivity contribution >= 4 is 24.2 Å². The Bertz CT molecular complexity index is 682. The van der Waals surface area contributed by atoms with E-state index in [9.17, 15) is 19.2 Å². The summed E-state index contributed by atoms with van der Waals surface area (Å²) in [5.74, 6) is -1.07. The van der Waals surface area contributed by atoms with E-state index in [0.717, 1.165) is 5.56 Å². The summed E-state index contributed by atoms with van der Waals surface area (Å²) in [7, 11) is 0. The summed E-state index contributed by atoms with van der Waals surface area (Å²) in [5, 5.41) is 2.25. The third-order valence-corrected chi connectivity index (χ3v) is 3.78. The molecule has 7 nitrogen and oxygen atoms in total. The average Bonchev–Trinajstić information content (AvgIpc) is 2.82. The van der Waals surface area contributed by atoms with Gasteiger partial charge in [-0.25, -0.2) is 0 Å². The Hall–Kier alpha value is -0.908. The Kier molecular flexibility index (Phi) is 7.90. The van der Waals surface area contributed by atoms with Crippen LogP contribution in [0.15, 0.2) is 12.1 Å². The number of rotatable bonds is 4. The Morgan fingerprint density at radius 1 is 1.33 bits per heavy atom. The van der Waals surface area contributed by atoms with Crippen molar-refractivity contribution in [1.29, 1.82) is 0 Å². The van der Waals surface area contributed by atoms with Crippen LogP contribution >= 0.6 is 0 Å². The number of ether oxygens (including phenoxy) is 1. The van der Waals surface area contributed by atoms with Crippen LogP contribution in [0.4, 0.5) is 0 Å². The number of nitrogens with one attached hydrogen (secondary N) is 1. The quantitative estimate of drug-likeness (QED) is 0.399. The molecular formula is C15H12N2O5WY-2. The van der Waals surface area contributed by atoms with E-state index < -0.39 is 11.9 Å². The van der Waals surface area contributed by atoms with Gasteiger partial charge in [-0.15, -0.1) is 23.8 Å². The minimum atomic E-state index is -0.644. The van der Waals surface area contributed by atoms with Crippen molar-refractivity contribution in [1.82, 2.24) is 10.2 Å². The summed E-state index contributed by atoms with van der Waals surface area (Å²) in [6.07, 6.45) is 0.537. The second-order valence-corrected chi connectivity index (χ2v) is 5.16. The molecule has 1 fully saturated rings. The van der Waals surface area contributed by atoms with Crippen LogP contribution in [0.25, 0.3) is 0 Å². The van der Waals surface area contributed by atoms with Crippen LogP contribution in [0.3, 0.4) is 0 Å². The Morgan fingerprint density at radius 2 is 2.08 bits per heavy atom. The molecule has 2 aliphatic rings. The van der Waals surface area contributed by atoms with E-state index >= 15 is 0 Å². The number of fused-ring (bicyclic) bond motifs is 1. The van der Waals surface area contributed by atoms with Crippen LogP contribution in [0, 0.1) is 6.07 Å². The van der Waals surface area contributed by atoms with E-state index in [0.29, 0.717) is 24.1 Å². The first-order valence-corrected chi connectivity index (χ1v) is 6.78. The molecule has 1 saturated heterocycles. The zero-order valence-corrected chi connectivity index (χ0v) is 18.3. The molecule has 0 bridgehead atoms. The normalized spacial score (nSPS) is 18.9. The maximum Gasteiger partial charge on any atom is 0.248 e. The molecule has 2 heterocycles. The van der Waals surface area contributed by atoms with Gasteiger partial charge in [0, 0.05) is 66.7 Å². The maximum absolute atomic E-state index is 12.5. The Morgan fingerprint density at radius 3 is 2.75 bits per heavy atom. The molecule has 24 heavy (non-hydrogen) atoms. The van der Waals surface area contributed by atoms with Gasteiger partial charge in [-0.2, -0.15) is 0 Å². The third-order valence-electron chi connectivity index (χ3n) is 3.78. The van der Waals surface area contributed by atoms with Crippen LogP contribution in [-0.2, 0) is 86.0 Å². The number of hydrogen-bond acceptors (Lipinski definition) is 5. The summed E-state index contributed by atoms with van der Waals surface area (Å²) in [6.45, 7) is 1.61. The van der Waals surface area contributed by atoms with Crippen LogP contribution in [0.2, 0.25) is 0 Å². The first-order chi connectivity index (χ1) is 10.6. The molecule has 0 saturated carbocycles. The van der Waals surface area contributed by atoms with Gasteiger partial charge in [0.15, 0.2) is 5.91 Å². The number of carbonyl (C=O) groups is 3. The molecule has 9 heteroatoms. The molecule has 1 unspecified atom stereocenters. The standard InChI is InChI=1S/C15H12N2O5.W.Y/c18-8-22-7-9-1-2-10-6-17(15(21)11(10)5-9)12-3-4-13(19)16-14(12)20;;/h1-2,12H,3-4,6-7H2,(H,16,19,20);;/q-2;;. The molecule has 0 aromatic heterocycles. The van der Waals surface area contributed by atoms with Crippen molar-refractivity contribution in [2.24, 2.45) is 0 Å². The minimum absolute atomic E-state index is 0. The smallest absolute Gasteiger partial charge is 0.248 e. The molecule has 1 atom stereocenters. The van der Waals surface area contributed by atoms with Gasteiger partial charge < -0.3 is 19.2 Å². The van der Waals surface area contributed by atoms with E-state index in [-0.39, 0.29) is 78.6 Å². The summed E-state index contributed by atoms with van der Waals surface area (Å²) < 4.78 is 4.52. The minimum Gasteiger partial charge on any atom is -0.651 e. The summed E-state index contributed by atoms with van der Waals surface area (Å²) in [4.78, 5) is 47.1. The van der Waals surface area contributed by atoms with Gasteiger partial charge in [0.25, 0.3) is 0 Å². The molecule has 0 aliphatic carbocycles. The Labute approximate surface area is 178 Å². The predicted octanol–water partition coefficient (Wildman–Crippen LogP) is -0.173. The first kappa shape index (κ1) is 21.1. The van der Waals surface area contributed by atoms with Gasteiger partial charge in [-0.1, -0.05) is 17.6 Å². The van der Waals surface area contributed by atoms with Gasteiger partial charge in [0.2, 0.25) is 11.8 Å². The fourth-order valence-corrected chi connectivity index (χ4v) is 2.71.